The fraction of sp³-hybridized carbons (Fsp3) is 0.562. The first-order valence-electron chi connectivity index (χ1n) is 7.62. The fourth-order valence-electron chi connectivity index (χ4n) is 3.41. The minimum absolute atomic E-state index is 0. The van der Waals surface area contributed by atoms with Crippen LogP contribution >= 0.6 is 12.4 Å². The molecule has 1 aromatic carbocycles. The van der Waals surface area contributed by atoms with Gasteiger partial charge in [0.1, 0.15) is 0 Å². The van der Waals surface area contributed by atoms with Crippen molar-refractivity contribution in [3.05, 3.63) is 35.4 Å². The average Bonchev–Trinajstić information content (AvgIpc) is 2.85. The monoisotopic (exact) mass is 348 g/mol. The quantitative estimate of drug-likeness (QED) is 0.845. The number of amides is 1. The molecular formula is C16H20ClF3N2O. The Morgan fingerprint density at radius 1 is 1.04 bits per heavy atom. The molecule has 0 saturated carbocycles. The van der Waals surface area contributed by atoms with Crippen LogP contribution in [0.5, 0.6) is 0 Å². The van der Waals surface area contributed by atoms with Gasteiger partial charge in [-0.2, -0.15) is 13.2 Å². The minimum Gasteiger partial charge on any atom is -0.339 e. The van der Waals surface area contributed by atoms with Crippen molar-refractivity contribution < 1.29 is 18.0 Å². The summed E-state index contributed by atoms with van der Waals surface area (Å²) in [5.74, 6) is 1.07. The molecule has 23 heavy (non-hydrogen) atoms. The maximum Gasteiger partial charge on any atom is 0.416 e. The number of nitrogens with one attached hydrogen (secondary N) is 1. The lowest BCUT2D eigenvalue weighted by Gasteiger charge is -2.21. The molecule has 0 aromatic heterocycles. The summed E-state index contributed by atoms with van der Waals surface area (Å²) >= 11 is 0. The maximum atomic E-state index is 12.6. The van der Waals surface area contributed by atoms with Gasteiger partial charge in [-0.15, -0.1) is 12.4 Å². The van der Waals surface area contributed by atoms with Gasteiger partial charge in [-0.05, 0) is 62.0 Å². The molecule has 2 heterocycles. The Labute approximate surface area is 139 Å². The first-order chi connectivity index (χ1) is 10.4. The number of benzene rings is 1. The third-order valence-corrected chi connectivity index (χ3v) is 4.77. The zero-order valence-electron chi connectivity index (χ0n) is 12.6. The topological polar surface area (TPSA) is 32.3 Å². The highest BCUT2D eigenvalue weighted by Gasteiger charge is 2.33. The number of carbonyl (C=O) groups is 1. The van der Waals surface area contributed by atoms with Gasteiger partial charge in [0, 0.05) is 18.7 Å². The Kier molecular flexibility index (Phi) is 5.57. The highest BCUT2D eigenvalue weighted by Crippen LogP contribution is 2.30. The van der Waals surface area contributed by atoms with Crippen LogP contribution in [0.4, 0.5) is 13.2 Å². The molecule has 2 fully saturated rings. The Morgan fingerprint density at radius 3 is 2.04 bits per heavy atom. The molecule has 2 aliphatic heterocycles. The molecule has 1 amide bonds. The van der Waals surface area contributed by atoms with E-state index in [2.05, 4.69) is 5.32 Å². The molecule has 0 bridgehead atoms. The second-order valence-corrected chi connectivity index (χ2v) is 6.12. The number of hydrogen-bond acceptors (Lipinski definition) is 2. The van der Waals surface area contributed by atoms with Crippen molar-refractivity contribution in [3.8, 4) is 0 Å². The van der Waals surface area contributed by atoms with Crippen LogP contribution in [0.25, 0.3) is 0 Å². The van der Waals surface area contributed by atoms with Gasteiger partial charge < -0.3 is 10.2 Å². The zero-order chi connectivity index (χ0) is 15.7. The van der Waals surface area contributed by atoms with E-state index in [0.29, 0.717) is 30.5 Å². The molecule has 1 aromatic rings. The van der Waals surface area contributed by atoms with Gasteiger partial charge in [0.2, 0.25) is 0 Å². The van der Waals surface area contributed by atoms with Gasteiger partial charge in [-0.3, -0.25) is 4.79 Å². The van der Waals surface area contributed by atoms with E-state index < -0.39 is 11.7 Å². The standard InChI is InChI=1S/C16H19F3N2O.ClH/c17-16(18,19)14-3-1-11(2-4-14)15(22)21-7-5-12-9-20-10-13(12)6-8-21;/h1-4,12-13,20H,5-10H2;1H/t12-,13+;. The van der Waals surface area contributed by atoms with Crippen LogP contribution in [0.1, 0.15) is 28.8 Å². The molecular weight excluding hydrogens is 329 g/mol. The first-order valence-corrected chi connectivity index (χ1v) is 7.62. The first kappa shape index (κ1) is 18.1. The van der Waals surface area contributed by atoms with E-state index in [1.807, 2.05) is 0 Å². The molecule has 0 spiro atoms. The van der Waals surface area contributed by atoms with Crippen LogP contribution in [0.15, 0.2) is 24.3 Å². The smallest absolute Gasteiger partial charge is 0.339 e. The lowest BCUT2D eigenvalue weighted by Crippen LogP contribution is -2.32. The van der Waals surface area contributed by atoms with Crippen LogP contribution in [0.3, 0.4) is 0 Å². The number of rotatable bonds is 1. The molecule has 7 heteroatoms. The van der Waals surface area contributed by atoms with E-state index in [1.54, 1.807) is 4.90 Å². The largest absolute Gasteiger partial charge is 0.416 e. The molecule has 0 aliphatic carbocycles. The van der Waals surface area contributed by atoms with E-state index >= 15 is 0 Å². The van der Waals surface area contributed by atoms with Gasteiger partial charge in [0.25, 0.3) is 5.91 Å². The number of likely N-dealkylation sites (tertiary alicyclic amines) is 1. The van der Waals surface area contributed by atoms with Crippen LogP contribution in [-0.4, -0.2) is 37.0 Å². The van der Waals surface area contributed by atoms with E-state index in [1.165, 1.54) is 12.1 Å². The predicted molar refractivity (Wildman–Crippen MR) is 83.7 cm³/mol. The SMILES string of the molecule is Cl.O=C(c1ccc(C(F)(F)F)cc1)N1CC[C@@H]2CNC[C@@H]2CC1. The Bertz CT molecular complexity index is 533. The molecule has 3 nitrogen and oxygen atoms in total. The van der Waals surface area contributed by atoms with Gasteiger partial charge >= 0.3 is 6.18 Å². The number of nitrogens with zero attached hydrogens (tertiary/aromatic N) is 1. The Balaban J connectivity index is 0.00000192. The summed E-state index contributed by atoms with van der Waals surface area (Å²) in [6, 6.07) is 4.50. The lowest BCUT2D eigenvalue weighted by molar-refractivity contribution is -0.137. The van der Waals surface area contributed by atoms with Crippen LogP contribution in [-0.2, 0) is 6.18 Å². The highest BCUT2D eigenvalue weighted by atomic mass is 35.5. The van der Waals surface area contributed by atoms with Crippen molar-refractivity contribution in [3.63, 3.8) is 0 Å². The van der Waals surface area contributed by atoms with E-state index in [-0.39, 0.29) is 18.3 Å². The molecule has 0 unspecified atom stereocenters. The summed E-state index contributed by atoms with van der Waals surface area (Å²) in [6.45, 7) is 3.38. The number of halogens is 4. The third kappa shape index (κ3) is 3.98. The summed E-state index contributed by atoms with van der Waals surface area (Å²) in [5, 5.41) is 3.38. The number of fused-ring (bicyclic) bond motifs is 1. The van der Waals surface area contributed by atoms with Crippen molar-refractivity contribution in [2.75, 3.05) is 26.2 Å². The van der Waals surface area contributed by atoms with Gasteiger partial charge in [-0.25, -0.2) is 0 Å². The summed E-state index contributed by atoms with van der Waals surface area (Å²) in [5.41, 5.74) is -0.390. The molecule has 2 atom stereocenters. The van der Waals surface area contributed by atoms with Gasteiger partial charge in [0.05, 0.1) is 5.56 Å². The molecule has 128 valence electrons. The maximum absolute atomic E-state index is 12.6. The number of alkyl halides is 3. The summed E-state index contributed by atoms with van der Waals surface area (Å²) in [4.78, 5) is 14.2. The van der Waals surface area contributed by atoms with Crippen molar-refractivity contribution in [1.29, 1.82) is 0 Å². The Hall–Kier alpha value is -1.27. The van der Waals surface area contributed by atoms with E-state index in [9.17, 15) is 18.0 Å². The summed E-state index contributed by atoms with van der Waals surface area (Å²) in [6.07, 6.45) is -2.44. The van der Waals surface area contributed by atoms with E-state index in [0.717, 1.165) is 38.1 Å². The fourth-order valence-corrected chi connectivity index (χ4v) is 3.41. The van der Waals surface area contributed by atoms with Crippen molar-refractivity contribution >= 4 is 18.3 Å². The lowest BCUT2D eigenvalue weighted by atomic mass is 9.92. The van der Waals surface area contributed by atoms with Crippen LogP contribution < -0.4 is 5.32 Å². The second-order valence-electron chi connectivity index (χ2n) is 6.12. The van der Waals surface area contributed by atoms with Crippen molar-refractivity contribution in [1.82, 2.24) is 10.2 Å². The average molecular weight is 349 g/mol. The molecule has 3 rings (SSSR count). The summed E-state index contributed by atoms with van der Waals surface area (Å²) in [7, 11) is 0. The number of hydrogen-bond donors (Lipinski definition) is 1. The molecule has 0 radical (unpaired) electrons. The number of carbonyl (C=O) groups excluding carboxylic acids is 1. The molecule has 2 aliphatic rings. The minimum atomic E-state index is -4.37. The third-order valence-electron chi connectivity index (χ3n) is 4.77. The van der Waals surface area contributed by atoms with Gasteiger partial charge in [0.15, 0.2) is 0 Å². The zero-order valence-corrected chi connectivity index (χ0v) is 13.4. The second kappa shape index (κ2) is 7.09. The van der Waals surface area contributed by atoms with Crippen LogP contribution in [0, 0.1) is 11.8 Å². The van der Waals surface area contributed by atoms with E-state index in [4.69, 9.17) is 0 Å². The van der Waals surface area contributed by atoms with Crippen molar-refractivity contribution in [2.24, 2.45) is 11.8 Å². The summed E-state index contributed by atoms with van der Waals surface area (Å²) < 4.78 is 37.7. The molecule has 2 saturated heterocycles. The molecule has 1 N–H and O–H groups in total. The highest BCUT2D eigenvalue weighted by molar-refractivity contribution is 5.94. The van der Waals surface area contributed by atoms with Gasteiger partial charge in [-0.1, -0.05) is 0 Å². The normalized spacial score (nSPS) is 24.6. The predicted octanol–water partition coefficient (Wildman–Crippen LogP) is 3.20. The van der Waals surface area contributed by atoms with Crippen LogP contribution in [0.2, 0.25) is 0 Å². The Morgan fingerprint density at radius 2 is 1.57 bits per heavy atom. The van der Waals surface area contributed by atoms with Crippen molar-refractivity contribution in [2.45, 2.75) is 19.0 Å².